The molecule has 0 atom stereocenters. The summed E-state index contributed by atoms with van der Waals surface area (Å²) in [6, 6.07) is 12.3. The van der Waals surface area contributed by atoms with Crippen molar-refractivity contribution in [2.45, 2.75) is 13.5 Å². The normalized spacial score (nSPS) is 10.8. The van der Waals surface area contributed by atoms with Crippen LogP contribution in [0.5, 0.6) is 17.4 Å². The lowest BCUT2D eigenvalue weighted by Crippen LogP contribution is -2.28. The molecule has 10 heteroatoms. The minimum absolute atomic E-state index is 0.162. The molecule has 9 nitrogen and oxygen atoms in total. The lowest BCUT2D eigenvalue weighted by molar-refractivity contribution is -0.117. The number of nitrogens with one attached hydrogen (secondary N) is 1. The van der Waals surface area contributed by atoms with Gasteiger partial charge in [0, 0.05) is 18.1 Å². The summed E-state index contributed by atoms with van der Waals surface area (Å²) in [5, 5.41) is 7.27. The van der Waals surface area contributed by atoms with Gasteiger partial charge in [-0.15, -0.1) is 5.10 Å². The van der Waals surface area contributed by atoms with Crippen LogP contribution in [0.4, 0.5) is 5.69 Å². The molecule has 0 saturated carbocycles. The van der Waals surface area contributed by atoms with Crippen molar-refractivity contribution in [1.29, 1.82) is 0 Å². The molecule has 1 N–H and O–H groups in total. The first-order valence-corrected chi connectivity index (χ1v) is 9.65. The van der Waals surface area contributed by atoms with Crippen LogP contribution in [0.2, 0.25) is 5.02 Å². The molecule has 4 rings (SSSR count). The van der Waals surface area contributed by atoms with E-state index in [9.17, 15) is 9.59 Å². The van der Waals surface area contributed by atoms with Gasteiger partial charge in [-0.1, -0.05) is 29.8 Å². The lowest BCUT2D eigenvalue weighted by atomic mass is 10.2. The molecule has 2 aromatic carbocycles. The van der Waals surface area contributed by atoms with E-state index in [4.69, 9.17) is 21.1 Å². The predicted molar refractivity (Wildman–Crippen MR) is 115 cm³/mol. The van der Waals surface area contributed by atoms with Crippen LogP contribution in [0, 0.1) is 6.92 Å². The first kappa shape index (κ1) is 20.4. The third kappa shape index (κ3) is 4.22. The van der Waals surface area contributed by atoms with Crippen LogP contribution >= 0.6 is 11.6 Å². The third-order valence-corrected chi connectivity index (χ3v) is 4.79. The molecular weight excluding hydrogens is 422 g/mol. The van der Waals surface area contributed by atoms with Crippen molar-refractivity contribution < 1.29 is 14.3 Å². The number of carbonyl (C=O) groups is 1. The van der Waals surface area contributed by atoms with Gasteiger partial charge >= 0.3 is 5.69 Å². The van der Waals surface area contributed by atoms with Gasteiger partial charge in [0.2, 0.25) is 11.6 Å². The van der Waals surface area contributed by atoms with Crippen molar-refractivity contribution in [3.8, 4) is 17.4 Å². The zero-order valence-corrected chi connectivity index (χ0v) is 17.5. The van der Waals surface area contributed by atoms with Crippen LogP contribution in [0.25, 0.3) is 5.65 Å². The Morgan fingerprint density at radius 3 is 2.74 bits per heavy atom. The van der Waals surface area contributed by atoms with Crippen molar-refractivity contribution in [1.82, 2.24) is 19.2 Å². The summed E-state index contributed by atoms with van der Waals surface area (Å²) in [6.45, 7) is 1.60. The highest BCUT2D eigenvalue weighted by molar-refractivity contribution is 6.32. The van der Waals surface area contributed by atoms with Gasteiger partial charge in [-0.25, -0.2) is 18.9 Å². The molecular formula is C21H18ClN5O4. The highest BCUT2D eigenvalue weighted by atomic mass is 35.5. The standard InChI is InChI=1S/C21H18ClN5O4/c1-13-5-3-4-6-16(13)31-20-19-25-27(21(29)26(19)10-9-23-20)12-18(28)24-14-7-8-17(30-2)15(22)11-14/h3-11H,12H2,1-2H3,(H,24,28). The molecule has 0 aliphatic heterocycles. The molecule has 2 heterocycles. The molecule has 1 amide bonds. The largest absolute Gasteiger partial charge is 0.495 e. The van der Waals surface area contributed by atoms with E-state index in [1.165, 1.54) is 23.9 Å². The fourth-order valence-electron chi connectivity index (χ4n) is 2.96. The summed E-state index contributed by atoms with van der Waals surface area (Å²) in [6.07, 6.45) is 2.90. The van der Waals surface area contributed by atoms with Crippen LogP contribution < -0.4 is 20.5 Å². The number of aromatic nitrogens is 4. The SMILES string of the molecule is COc1ccc(NC(=O)Cn2nc3c(Oc4ccccc4C)nccn3c2=O)cc1Cl. The average Bonchev–Trinajstić information content (AvgIpc) is 3.06. The highest BCUT2D eigenvalue weighted by Gasteiger charge is 2.16. The number of benzene rings is 2. The zero-order chi connectivity index (χ0) is 22.0. The van der Waals surface area contributed by atoms with Crippen LogP contribution in [-0.2, 0) is 11.3 Å². The van der Waals surface area contributed by atoms with Gasteiger partial charge in [-0.05, 0) is 36.8 Å². The Morgan fingerprint density at radius 1 is 1.19 bits per heavy atom. The number of anilines is 1. The molecule has 0 saturated heterocycles. The van der Waals surface area contributed by atoms with E-state index in [-0.39, 0.29) is 18.1 Å². The van der Waals surface area contributed by atoms with Crippen molar-refractivity contribution >= 4 is 28.8 Å². The maximum atomic E-state index is 12.7. The molecule has 0 unspecified atom stereocenters. The Balaban J connectivity index is 1.58. The molecule has 4 aromatic rings. The molecule has 0 fully saturated rings. The monoisotopic (exact) mass is 439 g/mol. The minimum atomic E-state index is -0.491. The van der Waals surface area contributed by atoms with Crippen LogP contribution in [0.15, 0.2) is 59.7 Å². The molecule has 0 spiro atoms. The Kier molecular flexibility index (Phi) is 5.59. The van der Waals surface area contributed by atoms with E-state index >= 15 is 0 Å². The van der Waals surface area contributed by atoms with E-state index in [1.54, 1.807) is 24.3 Å². The van der Waals surface area contributed by atoms with E-state index in [2.05, 4.69) is 15.4 Å². The van der Waals surface area contributed by atoms with Gasteiger partial charge in [0.1, 0.15) is 18.0 Å². The molecule has 0 aliphatic carbocycles. The number of ether oxygens (including phenoxy) is 2. The quantitative estimate of drug-likeness (QED) is 0.495. The first-order chi connectivity index (χ1) is 15.0. The smallest absolute Gasteiger partial charge is 0.351 e. The lowest BCUT2D eigenvalue weighted by Gasteiger charge is -2.08. The number of rotatable bonds is 6. The fourth-order valence-corrected chi connectivity index (χ4v) is 3.21. The Hall–Kier alpha value is -3.85. The zero-order valence-electron chi connectivity index (χ0n) is 16.7. The first-order valence-electron chi connectivity index (χ1n) is 9.27. The maximum absolute atomic E-state index is 12.7. The van der Waals surface area contributed by atoms with Crippen molar-refractivity contribution in [3.63, 3.8) is 0 Å². The molecule has 0 bridgehead atoms. The molecule has 31 heavy (non-hydrogen) atoms. The highest BCUT2D eigenvalue weighted by Crippen LogP contribution is 2.27. The summed E-state index contributed by atoms with van der Waals surface area (Å²) in [5.41, 5.74) is 1.09. The number of hydrogen-bond donors (Lipinski definition) is 1. The summed E-state index contributed by atoms with van der Waals surface area (Å²) in [7, 11) is 1.50. The summed E-state index contributed by atoms with van der Waals surface area (Å²) < 4.78 is 13.3. The van der Waals surface area contributed by atoms with Crippen LogP contribution in [0.3, 0.4) is 0 Å². The number of methoxy groups -OCH3 is 1. The molecule has 2 aromatic heterocycles. The number of para-hydroxylation sites is 1. The van der Waals surface area contributed by atoms with E-state index < -0.39 is 11.6 Å². The molecule has 0 radical (unpaired) electrons. The Bertz CT molecular complexity index is 1330. The number of fused-ring (bicyclic) bond motifs is 1. The summed E-state index contributed by atoms with van der Waals surface area (Å²) in [4.78, 5) is 29.3. The van der Waals surface area contributed by atoms with E-state index in [0.29, 0.717) is 22.2 Å². The summed E-state index contributed by atoms with van der Waals surface area (Å²) >= 11 is 6.08. The number of nitrogens with zero attached hydrogens (tertiary/aromatic N) is 4. The second kappa shape index (κ2) is 8.49. The van der Waals surface area contributed by atoms with Gasteiger partial charge in [-0.3, -0.25) is 4.79 Å². The predicted octanol–water partition coefficient (Wildman–Crippen LogP) is 3.29. The second-order valence-corrected chi connectivity index (χ2v) is 7.04. The maximum Gasteiger partial charge on any atom is 0.351 e. The number of hydrogen-bond acceptors (Lipinski definition) is 6. The average molecular weight is 440 g/mol. The molecule has 158 valence electrons. The van der Waals surface area contributed by atoms with Crippen molar-refractivity contribution in [3.05, 3.63) is 75.9 Å². The second-order valence-electron chi connectivity index (χ2n) is 6.63. The topological polar surface area (TPSA) is 99.8 Å². The number of carbonyl (C=O) groups excluding carboxylic acids is 1. The van der Waals surface area contributed by atoms with Crippen molar-refractivity contribution in [2.75, 3.05) is 12.4 Å². The van der Waals surface area contributed by atoms with Gasteiger partial charge in [0.25, 0.3) is 5.88 Å². The van der Waals surface area contributed by atoms with Gasteiger partial charge < -0.3 is 14.8 Å². The molecule has 0 aliphatic rings. The van der Waals surface area contributed by atoms with E-state index in [0.717, 1.165) is 10.2 Å². The Labute approximate surface area is 181 Å². The van der Waals surface area contributed by atoms with Crippen LogP contribution in [0.1, 0.15) is 5.56 Å². The summed E-state index contributed by atoms with van der Waals surface area (Å²) in [5.74, 6) is 0.806. The van der Waals surface area contributed by atoms with Gasteiger partial charge in [0.15, 0.2) is 0 Å². The van der Waals surface area contributed by atoms with Crippen molar-refractivity contribution in [2.24, 2.45) is 0 Å². The third-order valence-electron chi connectivity index (χ3n) is 4.50. The fraction of sp³-hybridized carbons (Fsp3) is 0.143. The number of amides is 1. The van der Waals surface area contributed by atoms with Gasteiger partial charge in [0.05, 0.1) is 12.1 Å². The number of aryl methyl sites for hydroxylation is 1. The van der Waals surface area contributed by atoms with Crippen LogP contribution in [-0.4, -0.2) is 32.2 Å². The van der Waals surface area contributed by atoms with E-state index in [1.807, 2.05) is 25.1 Å². The number of halogens is 1. The minimum Gasteiger partial charge on any atom is -0.495 e. The Morgan fingerprint density at radius 2 is 2.00 bits per heavy atom. The van der Waals surface area contributed by atoms with Gasteiger partial charge in [-0.2, -0.15) is 0 Å².